The van der Waals surface area contributed by atoms with Gasteiger partial charge in [0.15, 0.2) is 0 Å². The Balaban J connectivity index is 1.90. The van der Waals surface area contributed by atoms with Crippen molar-refractivity contribution < 1.29 is 13.2 Å². The maximum absolute atomic E-state index is 12.1. The average Bonchev–Trinajstić information content (AvgIpc) is 2.91. The Morgan fingerprint density at radius 3 is 2.55 bits per heavy atom. The molecular weight excluding hydrogens is 302 g/mol. The molecule has 0 unspecified atom stereocenters. The lowest BCUT2D eigenvalue weighted by atomic mass is 10.3. The minimum atomic E-state index is -3.90. The predicted molar refractivity (Wildman–Crippen MR) is 81.0 cm³/mol. The number of pyridine rings is 1. The fraction of sp³-hybridized carbons (Fsp3) is 0.0667. The standard InChI is InChI=1S/C15H13N3O3S/c1-11-7-8-14-16-13(10-18(14)9-11)15(19)17-22(20,21)12-5-3-2-4-6-12/h2-10H,1H3,(H,17,19). The van der Waals surface area contributed by atoms with Gasteiger partial charge in [-0.3, -0.25) is 4.79 Å². The van der Waals surface area contributed by atoms with Crippen LogP contribution in [0.5, 0.6) is 0 Å². The molecule has 3 aromatic rings. The van der Waals surface area contributed by atoms with Gasteiger partial charge in [0.1, 0.15) is 11.3 Å². The Labute approximate surface area is 127 Å². The molecule has 1 N–H and O–H groups in total. The number of hydrogen-bond donors (Lipinski definition) is 1. The second-order valence-electron chi connectivity index (χ2n) is 4.85. The zero-order valence-electron chi connectivity index (χ0n) is 11.7. The van der Waals surface area contributed by atoms with E-state index in [2.05, 4.69) is 4.98 Å². The van der Waals surface area contributed by atoms with Gasteiger partial charge < -0.3 is 4.40 Å². The molecule has 0 aliphatic carbocycles. The Morgan fingerprint density at radius 2 is 1.82 bits per heavy atom. The summed E-state index contributed by atoms with van der Waals surface area (Å²) in [6, 6.07) is 11.3. The second kappa shape index (κ2) is 5.27. The van der Waals surface area contributed by atoms with Crippen molar-refractivity contribution in [2.45, 2.75) is 11.8 Å². The number of nitrogens with zero attached hydrogens (tertiary/aromatic N) is 2. The lowest BCUT2D eigenvalue weighted by molar-refractivity contribution is 0.0977. The van der Waals surface area contributed by atoms with Crippen LogP contribution in [0.2, 0.25) is 0 Å². The number of imidazole rings is 1. The van der Waals surface area contributed by atoms with Gasteiger partial charge in [-0.1, -0.05) is 24.3 Å². The third kappa shape index (κ3) is 2.71. The highest BCUT2D eigenvalue weighted by Gasteiger charge is 2.20. The molecule has 0 saturated carbocycles. The molecule has 7 heteroatoms. The number of sulfonamides is 1. The summed E-state index contributed by atoms with van der Waals surface area (Å²) in [5.41, 5.74) is 1.63. The molecule has 0 aliphatic rings. The fourth-order valence-corrected chi connectivity index (χ4v) is 3.03. The van der Waals surface area contributed by atoms with Crippen molar-refractivity contribution in [1.29, 1.82) is 0 Å². The molecule has 2 aromatic heterocycles. The van der Waals surface area contributed by atoms with Crippen molar-refractivity contribution >= 4 is 21.6 Å². The van der Waals surface area contributed by atoms with Crippen LogP contribution >= 0.6 is 0 Å². The van der Waals surface area contributed by atoms with Crippen LogP contribution < -0.4 is 4.72 Å². The van der Waals surface area contributed by atoms with Crippen molar-refractivity contribution in [1.82, 2.24) is 14.1 Å². The summed E-state index contributed by atoms with van der Waals surface area (Å²) >= 11 is 0. The lowest BCUT2D eigenvalue weighted by Gasteiger charge is -2.04. The molecule has 0 fully saturated rings. The van der Waals surface area contributed by atoms with E-state index in [1.807, 2.05) is 23.9 Å². The van der Waals surface area contributed by atoms with E-state index in [0.717, 1.165) is 5.56 Å². The number of carbonyl (C=O) groups is 1. The van der Waals surface area contributed by atoms with Crippen LogP contribution in [-0.4, -0.2) is 23.7 Å². The first-order valence-corrected chi connectivity index (χ1v) is 8.01. The molecule has 2 heterocycles. The quantitative estimate of drug-likeness (QED) is 0.798. The summed E-state index contributed by atoms with van der Waals surface area (Å²) in [6.45, 7) is 1.92. The van der Waals surface area contributed by atoms with E-state index < -0.39 is 15.9 Å². The third-order valence-corrected chi connectivity index (χ3v) is 4.46. The zero-order chi connectivity index (χ0) is 15.7. The maximum atomic E-state index is 12.1. The molecule has 1 aromatic carbocycles. The van der Waals surface area contributed by atoms with E-state index in [4.69, 9.17) is 0 Å². The van der Waals surface area contributed by atoms with Crippen molar-refractivity contribution in [3.8, 4) is 0 Å². The minimum absolute atomic E-state index is 0.0305. The van der Waals surface area contributed by atoms with Gasteiger partial charge >= 0.3 is 0 Å². The first-order chi connectivity index (χ1) is 10.5. The Kier molecular flexibility index (Phi) is 3.42. The number of fused-ring (bicyclic) bond motifs is 1. The largest absolute Gasteiger partial charge is 0.306 e. The van der Waals surface area contributed by atoms with Crippen LogP contribution in [0.1, 0.15) is 16.1 Å². The number of carbonyl (C=O) groups excluding carboxylic acids is 1. The monoisotopic (exact) mass is 315 g/mol. The lowest BCUT2D eigenvalue weighted by Crippen LogP contribution is -2.30. The highest BCUT2D eigenvalue weighted by molar-refractivity contribution is 7.90. The van der Waals surface area contributed by atoms with E-state index in [-0.39, 0.29) is 10.6 Å². The minimum Gasteiger partial charge on any atom is -0.306 e. The Bertz CT molecular complexity index is 947. The van der Waals surface area contributed by atoms with Crippen molar-refractivity contribution in [3.63, 3.8) is 0 Å². The number of aromatic nitrogens is 2. The number of benzene rings is 1. The predicted octanol–water partition coefficient (Wildman–Crippen LogP) is 1.76. The summed E-state index contributed by atoms with van der Waals surface area (Å²) in [5, 5.41) is 0. The zero-order valence-corrected chi connectivity index (χ0v) is 12.5. The topological polar surface area (TPSA) is 80.5 Å². The van der Waals surface area contributed by atoms with Crippen LogP contribution in [0, 0.1) is 6.92 Å². The second-order valence-corrected chi connectivity index (χ2v) is 6.53. The average molecular weight is 315 g/mol. The van der Waals surface area contributed by atoms with E-state index in [1.54, 1.807) is 28.7 Å². The molecule has 6 nitrogen and oxygen atoms in total. The van der Waals surface area contributed by atoms with Gasteiger partial charge in [0.2, 0.25) is 0 Å². The molecule has 22 heavy (non-hydrogen) atoms. The number of nitrogens with one attached hydrogen (secondary N) is 1. The van der Waals surface area contributed by atoms with E-state index >= 15 is 0 Å². The highest BCUT2D eigenvalue weighted by atomic mass is 32.2. The molecule has 112 valence electrons. The maximum Gasteiger partial charge on any atom is 0.285 e. The van der Waals surface area contributed by atoms with Gasteiger partial charge in [-0.15, -0.1) is 0 Å². The molecule has 0 spiro atoms. The molecule has 0 saturated heterocycles. The number of amides is 1. The third-order valence-electron chi connectivity index (χ3n) is 3.11. The van der Waals surface area contributed by atoms with Gasteiger partial charge in [0, 0.05) is 12.4 Å². The SMILES string of the molecule is Cc1ccc2nc(C(=O)NS(=O)(=O)c3ccccc3)cn2c1. The normalized spacial score (nSPS) is 11.5. The Morgan fingerprint density at radius 1 is 1.09 bits per heavy atom. The van der Waals surface area contributed by atoms with Crippen molar-refractivity contribution in [2.24, 2.45) is 0 Å². The summed E-state index contributed by atoms with van der Waals surface area (Å²) in [7, 11) is -3.90. The first-order valence-electron chi connectivity index (χ1n) is 6.53. The summed E-state index contributed by atoms with van der Waals surface area (Å²) in [5.74, 6) is -0.759. The van der Waals surface area contributed by atoms with Crippen LogP contribution in [0.4, 0.5) is 0 Å². The van der Waals surface area contributed by atoms with Crippen LogP contribution in [-0.2, 0) is 10.0 Å². The molecular formula is C15H13N3O3S. The number of aryl methyl sites for hydroxylation is 1. The summed E-state index contributed by atoms with van der Waals surface area (Å²) in [4.78, 5) is 16.3. The van der Waals surface area contributed by atoms with Gasteiger partial charge in [-0.2, -0.15) is 0 Å². The molecule has 3 rings (SSSR count). The number of rotatable bonds is 3. The smallest absolute Gasteiger partial charge is 0.285 e. The van der Waals surface area contributed by atoms with E-state index in [1.165, 1.54) is 18.3 Å². The van der Waals surface area contributed by atoms with Crippen LogP contribution in [0.3, 0.4) is 0 Å². The van der Waals surface area contributed by atoms with Gasteiger partial charge in [0.25, 0.3) is 15.9 Å². The van der Waals surface area contributed by atoms with E-state index in [9.17, 15) is 13.2 Å². The first kappa shape index (κ1) is 14.3. The fourth-order valence-electron chi connectivity index (χ4n) is 2.05. The van der Waals surface area contributed by atoms with Gasteiger partial charge in [-0.05, 0) is 30.7 Å². The molecule has 0 radical (unpaired) electrons. The van der Waals surface area contributed by atoms with Crippen LogP contribution in [0.25, 0.3) is 5.65 Å². The van der Waals surface area contributed by atoms with Crippen LogP contribution in [0.15, 0.2) is 59.8 Å². The van der Waals surface area contributed by atoms with Crippen molar-refractivity contribution in [2.75, 3.05) is 0 Å². The molecule has 0 atom stereocenters. The Hall–Kier alpha value is -2.67. The highest BCUT2D eigenvalue weighted by Crippen LogP contribution is 2.10. The van der Waals surface area contributed by atoms with E-state index in [0.29, 0.717) is 5.65 Å². The summed E-state index contributed by atoms with van der Waals surface area (Å²) < 4.78 is 27.9. The van der Waals surface area contributed by atoms with Gasteiger partial charge in [0.05, 0.1) is 4.90 Å². The molecule has 0 aliphatic heterocycles. The van der Waals surface area contributed by atoms with Gasteiger partial charge in [-0.25, -0.2) is 18.1 Å². The molecule has 1 amide bonds. The summed E-state index contributed by atoms with van der Waals surface area (Å²) in [6.07, 6.45) is 3.31. The van der Waals surface area contributed by atoms with Crippen molar-refractivity contribution in [3.05, 3.63) is 66.1 Å². The number of hydrogen-bond acceptors (Lipinski definition) is 4. The molecule has 0 bridgehead atoms.